The maximum atomic E-state index is 6.03. The van der Waals surface area contributed by atoms with Crippen molar-refractivity contribution in [1.82, 2.24) is 4.98 Å². The molecule has 100 valence electrons. The molecule has 0 saturated heterocycles. The summed E-state index contributed by atoms with van der Waals surface area (Å²) in [5.74, 6) is 0. The van der Waals surface area contributed by atoms with Crippen LogP contribution < -0.4 is 5.73 Å². The average molecular weight is 256 g/mol. The predicted molar refractivity (Wildman–Crippen MR) is 76.8 cm³/mol. The van der Waals surface area contributed by atoms with Gasteiger partial charge in [-0.25, -0.2) is 0 Å². The second-order valence-electron chi connectivity index (χ2n) is 5.35. The van der Waals surface area contributed by atoms with Gasteiger partial charge in [0.1, 0.15) is 0 Å². The summed E-state index contributed by atoms with van der Waals surface area (Å²) >= 11 is 0. The molecule has 0 amide bonds. The molecule has 2 atom stereocenters. The van der Waals surface area contributed by atoms with Crippen LogP contribution in [0.2, 0.25) is 0 Å². The molecule has 3 rings (SSSR count). The molecule has 19 heavy (non-hydrogen) atoms. The Bertz CT molecular complexity index is 550. The Morgan fingerprint density at radius 3 is 3.00 bits per heavy atom. The number of aromatic nitrogens is 1. The lowest BCUT2D eigenvalue weighted by Crippen LogP contribution is -2.32. The SMILES string of the molecule is NC1CCCC(OCc2cccc3cccnc23)C1. The van der Waals surface area contributed by atoms with E-state index in [0.717, 1.165) is 30.3 Å². The van der Waals surface area contributed by atoms with Gasteiger partial charge in [-0.05, 0) is 31.7 Å². The maximum absolute atomic E-state index is 6.03. The fourth-order valence-corrected chi connectivity index (χ4v) is 2.82. The summed E-state index contributed by atoms with van der Waals surface area (Å²) < 4.78 is 6.03. The highest BCUT2D eigenvalue weighted by Gasteiger charge is 2.19. The second kappa shape index (κ2) is 5.68. The van der Waals surface area contributed by atoms with Crippen LogP contribution in [0.1, 0.15) is 31.2 Å². The number of hydrogen-bond acceptors (Lipinski definition) is 3. The van der Waals surface area contributed by atoms with E-state index in [1.54, 1.807) is 0 Å². The Balaban J connectivity index is 1.71. The Hall–Kier alpha value is -1.45. The highest BCUT2D eigenvalue weighted by atomic mass is 16.5. The van der Waals surface area contributed by atoms with E-state index in [1.807, 2.05) is 12.3 Å². The van der Waals surface area contributed by atoms with Gasteiger partial charge in [0.05, 0.1) is 18.2 Å². The number of ether oxygens (including phenoxy) is 1. The van der Waals surface area contributed by atoms with Crippen LogP contribution in [0, 0.1) is 0 Å². The summed E-state index contributed by atoms with van der Waals surface area (Å²) in [6, 6.07) is 10.6. The summed E-state index contributed by atoms with van der Waals surface area (Å²) in [5, 5.41) is 1.17. The van der Waals surface area contributed by atoms with E-state index >= 15 is 0 Å². The van der Waals surface area contributed by atoms with Crippen LogP contribution in [0.25, 0.3) is 10.9 Å². The summed E-state index contributed by atoms with van der Waals surface area (Å²) in [6.45, 7) is 0.631. The van der Waals surface area contributed by atoms with Crippen LogP contribution in [-0.2, 0) is 11.3 Å². The van der Waals surface area contributed by atoms with Gasteiger partial charge in [0.2, 0.25) is 0 Å². The molecule has 1 fully saturated rings. The van der Waals surface area contributed by atoms with Gasteiger partial charge in [0.25, 0.3) is 0 Å². The van der Waals surface area contributed by atoms with Crippen molar-refractivity contribution in [3.05, 3.63) is 42.1 Å². The molecule has 3 nitrogen and oxygen atoms in total. The average Bonchev–Trinajstić information content (AvgIpc) is 2.45. The summed E-state index contributed by atoms with van der Waals surface area (Å²) in [7, 11) is 0. The Morgan fingerprint density at radius 1 is 1.21 bits per heavy atom. The molecule has 1 saturated carbocycles. The molecule has 1 aliphatic rings. The first-order valence-electron chi connectivity index (χ1n) is 7.03. The molecule has 0 spiro atoms. The van der Waals surface area contributed by atoms with Gasteiger partial charge in [-0.15, -0.1) is 0 Å². The number of fused-ring (bicyclic) bond motifs is 1. The van der Waals surface area contributed by atoms with E-state index in [4.69, 9.17) is 10.5 Å². The minimum atomic E-state index is 0.308. The zero-order valence-corrected chi connectivity index (χ0v) is 11.1. The number of nitrogens with two attached hydrogens (primary N) is 1. The lowest BCUT2D eigenvalue weighted by atomic mass is 9.93. The van der Waals surface area contributed by atoms with Gasteiger partial charge < -0.3 is 10.5 Å². The van der Waals surface area contributed by atoms with Crippen LogP contribution in [0.15, 0.2) is 36.5 Å². The van der Waals surface area contributed by atoms with Crippen molar-refractivity contribution < 1.29 is 4.74 Å². The number of hydrogen-bond donors (Lipinski definition) is 1. The first-order chi connectivity index (χ1) is 9.33. The first-order valence-corrected chi connectivity index (χ1v) is 7.03. The molecular formula is C16H20N2O. The van der Waals surface area contributed by atoms with E-state index in [0.29, 0.717) is 18.8 Å². The van der Waals surface area contributed by atoms with Crippen molar-refractivity contribution in [3.63, 3.8) is 0 Å². The van der Waals surface area contributed by atoms with Crippen molar-refractivity contribution in [2.75, 3.05) is 0 Å². The quantitative estimate of drug-likeness (QED) is 0.918. The van der Waals surface area contributed by atoms with Gasteiger partial charge in [0, 0.05) is 23.2 Å². The molecule has 0 aliphatic heterocycles. The van der Waals surface area contributed by atoms with E-state index in [-0.39, 0.29) is 0 Å². The summed E-state index contributed by atoms with van der Waals surface area (Å²) in [6.07, 6.45) is 6.57. The van der Waals surface area contributed by atoms with Crippen LogP contribution >= 0.6 is 0 Å². The van der Waals surface area contributed by atoms with Gasteiger partial charge in [-0.3, -0.25) is 4.98 Å². The third-order valence-electron chi connectivity index (χ3n) is 3.86. The molecule has 2 N–H and O–H groups in total. The minimum absolute atomic E-state index is 0.308. The van der Waals surface area contributed by atoms with E-state index in [9.17, 15) is 0 Å². The van der Waals surface area contributed by atoms with Gasteiger partial charge in [-0.2, -0.15) is 0 Å². The molecule has 2 unspecified atom stereocenters. The number of nitrogens with zero attached hydrogens (tertiary/aromatic N) is 1. The number of benzene rings is 1. The lowest BCUT2D eigenvalue weighted by Gasteiger charge is -2.26. The molecule has 0 radical (unpaired) electrons. The lowest BCUT2D eigenvalue weighted by molar-refractivity contribution is 0.0127. The van der Waals surface area contributed by atoms with Crippen molar-refractivity contribution >= 4 is 10.9 Å². The predicted octanol–water partition coefficient (Wildman–Crippen LogP) is 3.02. The maximum Gasteiger partial charge on any atom is 0.0757 e. The smallest absolute Gasteiger partial charge is 0.0757 e. The van der Waals surface area contributed by atoms with Gasteiger partial charge in [-0.1, -0.05) is 24.3 Å². The third-order valence-corrected chi connectivity index (χ3v) is 3.86. The fourth-order valence-electron chi connectivity index (χ4n) is 2.82. The van der Waals surface area contributed by atoms with E-state index < -0.39 is 0 Å². The molecule has 1 heterocycles. The zero-order chi connectivity index (χ0) is 13.1. The van der Waals surface area contributed by atoms with Gasteiger partial charge >= 0.3 is 0 Å². The minimum Gasteiger partial charge on any atom is -0.373 e. The number of pyridine rings is 1. The Labute approximate surface area is 113 Å². The van der Waals surface area contributed by atoms with Gasteiger partial charge in [0.15, 0.2) is 0 Å². The third kappa shape index (κ3) is 2.94. The molecule has 2 aromatic rings. The highest BCUT2D eigenvalue weighted by molar-refractivity contribution is 5.81. The fraction of sp³-hybridized carbons (Fsp3) is 0.438. The molecule has 1 aliphatic carbocycles. The van der Waals surface area contributed by atoms with Crippen LogP contribution in [-0.4, -0.2) is 17.1 Å². The monoisotopic (exact) mass is 256 g/mol. The van der Waals surface area contributed by atoms with E-state index in [1.165, 1.54) is 11.8 Å². The van der Waals surface area contributed by atoms with E-state index in [2.05, 4.69) is 29.2 Å². The standard InChI is InChI=1S/C16H20N2O/c17-14-7-2-8-15(10-14)19-11-13-5-1-4-12-6-3-9-18-16(12)13/h1,3-6,9,14-15H,2,7-8,10-11,17H2. The van der Waals surface area contributed by atoms with Crippen LogP contribution in [0.4, 0.5) is 0 Å². The normalized spacial score (nSPS) is 23.6. The number of para-hydroxylation sites is 1. The Kier molecular flexibility index (Phi) is 3.76. The molecule has 1 aromatic heterocycles. The van der Waals surface area contributed by atoms with Crippen LogP contribution in [0.3, 0.4) is 0 Å². The molecule has 0 bridgehead atoms. The van der Waals surface area contributed by atoms with Crippen molar-refractivity contribution in [2.24, 2.45) is 5.73 Å². The number of rotatable bonds is 3. The molecular weight excluding hydrogens is 236 g/mol. The van der Waals surface area contributed by atoms with Crippen LogP contribution in [0.5, 0.6) is 0 Å². The molecule has 1 aromatic carbocycles. The zero-order valence-electron chi connectivity index (χ0n) is 11.1. The second-order valence-corrected chi connectivity index (χ2v) is 5.35. The highest BCUT2D eigenvalue weighted by Crippen LogP contribution is 2.22. The first kappa shape index (κ1) is 12.6. The van der Waals surface area contributed by atoms with Crippen molar-refractivity contribution in [3.8, 4) is 0 Å². The van der Waals surface area contributed by atoms with Crippen molar-refractivity contribution in [1.29, 1.82) is 0 Å². The molecule has 3 heteroatoms. The topological polar surface area (TPSA) is 48.1 Å². The van der Waals surface area contributed by atoms with Crippen molar-refractivity contribution in [2.45, 2.75) is 44.4 Å². The Morgan fingerprint density at radius 2 is 2.11 bits per heavy atom. The largest absolute Gasteiger partial charge is 0.373 e. The summed E-state index contributed by atoms with van der Waals surface area (Å²) in [4.78, 5) is 4.46. The summed E-state index contributed by atoms with van der Waals surface area (Å²) in [5.41, 5.74) is 8.20.